The first-order chi connectivity index (χ1) is 11.1. The molecule has 0 radical (unpaired) electrons. The van der Waals surface area contributed by atoms with Crippen molar-refractivity contribution in [3.05, 3.63) is 30.1 Å². The zero-order valence-electron chi connectivity index (χ0n) is 12.5. The van der Waals surface area contributed by atoms with Crippen LogP contribution in [-0.2, 0) is 4.79 Å². The Morgan fingerprint density at radius 3 is 2.65 bits per heavy atom. The minimum absolute atomic E-state index is 0.159. The molecule has 1 aliphatic heterocycles. The van der Waals surface area contributed by atoms with Crippen LogP contribution in [0.3, 0.4) is 0 Å². The molecule has 2 heterocycles. The summed E-state index contributed by atoms with van der Waals surface area (Å²) in [5.74, 6) is -0.459. The number of carboxylic acid groups (broad SMARTS) is 1. The number of nitrogens with one attached hydrogen (secondary N) is 1. The number of carbonyl (C=O) groups is 2. The van der Waals surface area contributed by atoms with Crippen LogP contribution in [0.5, 0.6) is 11.5 Å². The standard InChI is InChI=1S/C16H16N2O5/c1-9(16(20)21)18-15(19)14-11-8-13-12(22-5-2-6-23-13)7-10(11)3-4-17-14/h3-4,7-9H,2,5-6H2,1H3,(H,18,19)(H,20,21). The fourth-order valence-corrected chi connectivity index (χ4v) is 2.34. The number of amides is 1. The summed E-state index contributed by atoms with van der Waals surface area (Å²) in [5.41, 5.74) is 0.159. The van der Waals surface area contributed by atoms with Crippen molar-refractivity contribution in [2.24, 2.45) is 0 Å². The van der Waals surface area contributed by atoms with E-state index in [0.717, 1.165) is 11.8 Å². The van der Waals surface area contributed by atoms with Crippen molar-refractivity contribution >= 4 is 22.6 Å². The van der Waals surface area contributed by atoms with Gasteiger partial charge in [-0.05, 0) is 30.5 Å². The zero-order chi connectivity index (χ0) is 16.4. The van der Waals surface area contributed by atoms with Crippen LogP contribution >= 0.6 is 0 Å². The zero-order valence-corrected chi connectivity index (χ0v) is 12.5. The molecule has 1 aromatic carbocycles. The number of rotatable bonds is 3. The molecule has 0 saturated carbocycles. The van der Waals surface area contributed by atoms with Gasteiger partial charge in [-0.2, -0.15) is 0 Å². The molecule has 1 unspecified atom stereocenters. The number of ether oxygens (including phenoxy) is 2. The van der Waals surface area contributed by atoms with Gasteiger partial charge in [-0.15, -0.1) is 0 Å². The van der Waals surface area contributed by atoms with Crippen molar-refractivity contribution in [3.63, 3.8) is 0 Å². The highest BCUT2D eigenvalue weighted by atomic mass is 16.5. The average Bonchev–Trinajstić information content (AvgIpc) is 2.76. The number of pyridine rings is 1. The van der Waals surface area contributed by atoms with Crippen molar-refractivity contribution in [3.8, 4) is 11.5 Å². The minimum atomic E-state index is -1.11. The van der Waals surface area contributed by atoms with E-state index in [2.05, 4.69) is 10.3 Å². The Morgan fingerprint density at radius 1 is 1.26 bits per heavy atom. The van der Waals surface area contributed by atoms with Crippen molar-refractivity contribution in [1.29, 1.82) is 0 Å². The highest BCUT2D eigenvalue weighted by Crippen LogP contribution is 2.34. The normalized spacial score (nSPS) is 14.8. The fourth-order valence-electron chi connectivity index (χ4n) is 2.34. The monoisotopic (exact) mass is 316 g/mol. The molecular weight excluding hydrogens is 300 g/mol. The van der Waals surface area contributed by atoms with Crippen molar-refractivity contribution in [2.45, 2.75) is 19.4 Å². The SMILES string of the molecule is CC(NC(=O)c1nccc2cc3c(cc12)OCCCO3)C(=O)O. The molecule has 0 fully saturated rings. The second-order valence-electron chi connectivity index (χ2n) is 5.26. The number of aliphatic carboxylic acids is 1. The Kier molecular flexibility index (Phi) is 4.01. The lowest BCUT2D eigenvalue weighted by molar-refractivity contribution is -0.138. The van der Waals surface area contributed by atoms with Crippen molar-refractivity contribution in [2.75, 3.05) is 13.2 Å². The third-order valence-corrected chi connectivity index (χ3v) is 3.57. The lowest BCUT2D eigenvalue weighted by atomic mass is 10.1. The second kappa shape index (κ2) is 6.12. The van der Waals surface area contributed by atoms with Crippen molar-refractivity contribution < 1.29 is 24.2 Å². The maximum absolute atomic E-state index is 12.3. The van der Waals surface area contributed by atoms with Crippen LogP contribution in [0, 0.1) is 0 Å². The maximum atomic E-state index is 12.3. The first-order valence-electron chi connectivity index (χ1n) is 7.28. The molecule has 1 aromatic heterocycles. The van der Waals surface area contributed by atoms with E-state index >= 15 is 0 Å². The number of hydrogen-bond donors (Lipinski definition) is 2. The van der Waals surface area contributed by atoms with Crippen LogP contribution < -0.4 is 14.8 Å². The molecule has 0 saturated heterocycles. The van der Waals surface area contributed by atoms with E-state index in [9.17, 15) is 9.59 Å². The molecular formula is C16H16N2O5. The maximum Gasteiger partial charge on any atom is 0.325 e. The van der Waals surface area contributed by atoms with Gasteiger partial charge in [0.1, 0.15) is 11.7 Å². The van der Waals surface area contributed by atoms with Gasteiger partial charge in [-0.1, -0.05) is 0 Å². The molecule has 0 spiro atoms. The summed E-state index contributed by atoms with van der Waals surface area (Å²) < 4.78 is 11.3. The topological polar surface area (TPSA) is 97.8 Å². The lowest BCUT2D eigenvalue weighted by Crippen LogP contribution is -2.38. The van der Waals surface area contributed by atoms with Gasteiger partial charge in [-0.3, -0.25) is 14.6 Å². The van der Waals surface area contributed by atoms with Crippen LogP contribution in [0.25, 0.3) is 10.8 Å². The van der Waals surface area contributed by atoms with Gasteiger partial charge in [0.25, 0.3) is 5.91 Å². The van der Waals surface area contributed by atoms with Crippen LogP contribution in [0.1, 0.15) is 23.8 Å². The summed E-state index contributed by atoms with van der Waals surface area (Å²) in [7, 11) is 0. The molecule has 1 amide bonds. The van der Waals surface area contributed by atoms with E-state index in [4.69, 9.17) is 14.6 Å². The number of nitrogens with zero attached hydrogens (tertiary/aromatic N) is 1. The molecule has 2 aromatic rings. The Hall–Kier alpha value is -2.83. The van der Waals surface area contributed by atoms with Gasteiger partial charge in [0, 0.05) is 18.0 Å². The highest BCUT2D eigenvalue weighted by molar-refractivity contribution is 6.06. The Balaban J connectivity index is 2.02. The van der Waals surface area contributed by atoms with Gasteiger partial charge in [0.05, 0.1) is 13.2 Å². The number of benzene rings is 1. The molecule has 120 valence electrons. The van der Waals surface area contributed by atoms with Gasteiger partial charge in [-0.25, -0.2) is 0 Å². The third kappa shape index (κ3) is 3.03. The molecule has 23 heavy (non-hydrogen) atoms. The first kappa shape index (κ1) is 15.1. The first-order valence-corrected chi connectivity index (χ1v) is 7.28. The number of carbonyl (C=O) groups excluding carboxylic acids is 1. The molecule has 3 rings (SSSR count). The molecule has 7 nitrogen and oxygen atoms in total. The van der Waals surface area contributed by atoms with Crippen LogP contribution in [0.4, 0.5) is 0 Å². The van der Waals surface area contributed by atoms with E-state index in [1.54, 1.807) is 18.2 Å². The number of hydrogen-bond acceptors (Lipinski definition) is 5. The van der Waals surface area contributed by atoms with Crippen LogP contribution in [0.15, 0.2) is 24.4 Å². The van der Waals surface area contributed by atoms with Crippen molar-refractivity contribution in [1.82, 2.24) is 10.3 Å². The Morgan fingerprint density at radius 2 is 1.96 bits per heavy atom. The summed E-state index contributed by atoms with van der Waals surface area (Å²) in [5, 5.41) is 12.7. The average molecular weight is 316 g/mol. The largest absolute Gasteiger partial charge is 0.490 e. The van der Waals surface area contributed by atoms with E-state index in [1.165, 1.54) is 13.1 Å². The van der Waals surface area contributed by atoms with Gasteiger partial charge < -0.3 is 19.9 Å². The highest BCUT2D eigenvalue weighted by Gasteiger charge is 2.20. The Bertz CT molecular complexity index is 774. The summed E-state index contributed by atoms with van der Waals surface area (Å²) in [6, 6.07) is 4.28. The predicted molar refractivity (Wildman–Crippen MR) is 81.9 cm³/mol. The van der Waals surface area contributed by atoms with E-state index in [1.807, 2.05) is 0 Å². The predicted octanol–water partition coefficient (Wildman–Crippen LogP) is 1.60. The summed E-state index contributed by atoms with van der Waals surface area (Å²) >= 11 is 0. The molecule has 1 aliphatic rings. The smallest absolute Gasteiger partial charge is 0.325 e. The number of carboxylic acids is 1. The summed E-state index contributed by atoms with van der Waals surface area (Å²) in [6.07, 6.45) is 2.29. The lowest BCUT2D eigenvalue weighted by Gasteiger charge is -2.12. The van der Waals surface area contributed by atoms with Gasteiger partial charge in [0.15, 0.2) is 11.5 Å². The second-order valence-corrected chi connectivity index (χ2v) is 5.26. The summed E-state index contributed by atoms with van der Waals surface area (Å²) in [6.45, 7) is 2.51. The number of fused-ring (bicyclic) bond motifs is 2. The molecule has 1 atom stereocenters. The third-order valence-electron chi connectivity index (χ3n) is 3.57. The molecule has 2 N–H and O–H groups in total. The minimum Gasteiger partial charge on any atom is -0.490 e. The molecule has 0 bridgehead atoms. The van der Waals surface area contributed by atoms with Crippen LogP contribution in [0.2, 0.25) is 0 Å². The van der Waals surface area contributed by atoms with E-state index in [-0.39, 0.29) is 5.69 Å². The summed E-state index contributed by atoms with van der Waals surface area (Å²) in [4.78, 5) is 27.3. The van der Waals surface area contributed by atoms with Gasteiger partial charge >= 0.3 is 5.97 Å². The molecule has 0 aliphatic carbocycles. The quantitative estimate of drug-likeness (QED) is 0.892. The molecule has 7 heteroatoms. The van der Waals surface area contributed by atoms with Gasteiger partial charge in [0.2, 0.25) is 0 Å². The fraction of sp³-hybridized carbons (Fsp3) is 0.312. The Labute approximate surface area is 132 Å². The number of aromatic nitrogens is 1. The van der Waals surface area contributed by atoms with Crippen LogP contribution in [-0.4, -0.2) is 41.2 Å². The van der Waals surface area contributed by atoms with E-state index in [0.29, 0.717) is 30.1 Å². The van der Waals surface area contributed by atoms with E-state index < -0.39 is 17.9 Å².